The molecule has 0 bridgehead atoms. The van der Waals surface area contributed by atoms with Crippen LogP contribution in [0.3, 0.4) is 0 Å². The average Bonchev–Trinajstić information content (AvgIpc) is 2.78. The van der Waals surface area contributed by atoms with Crippen molar-refractivity contribution in [2.24, 2.45) is 0 Å². The molecule has 0 aliphatic heterocycles. The number of aromatic nitrogens is 7. The Balaban J connectivity index is 2.19. The number of tetrazole rings is 1. The van der Waals surface area contributed by atoms with Crippen LogP contribution in [0.25, 0.3) is 17.4 Å². The van der Waals surface area contributed by atoms with Crippen molar-refractivity contribution in [3.63, 3.8) is 0 Å². The molecule has 0 saturated heterocycles. The summed E-state index contributed by atoms with van der Waals surface area (Å²) in [5.41, 5.74) is 0.528. The molecule has 14 heavy (non-hydrogen) atoms. The fourth-order valence-electron chi connectivity index (χ4n) is 1.00. The van der Waals surface area contributed by atoms with Gasteiger partial charge >= 0.3 is 5.84 Å². The first-order valence-electron chi connectivity index (χ1n) is 3.75. The van der Waals surface area contributed by atoms with E-state index in [4.69, 9.17) is 4.42 Å². The van der Waals surface area contributed by atoms with Crippen molar-refractivity contribution in [1.82, 2.24) is 35.2 Å². The van der Waals surface area contributed by atoms with E-state index in [9.17, 15) is 0 Å². The third kappa shape index (κ3) is 0.937. The number of hydrogen-bond donors (Lipinski definition) is 0. The van der Waals surface area contributed by atoms with E-state index in [1.807, 2.05) is 0 Å². The Morgan fingerprint density at radius 2 is 2.29 bits per heavy atom. The minimum Gasteiger partial charge on any atom is -0.399 e. The van der Waals surface area contributed by atoms with Crippen LogP contribution in [0.1, 0.15) is 0 Å². The van der Waals surface area contributed by atoms with E-state index in [2.05, 4.69) is 30.6 Å². The molecule has 0 atom stereocenters. The molecule has 0 amide bonds. The Hall–Kier alpha value is -2.38. The number of fused-ring (bicyclic) bond motifs is 1. The van der Waals surface area contributed by atoms with Gasteiger partial charge in [0.25, 0.3) is 5.89 Å². The van der Waals surface area contributed by atoms with Crippen LogP contribution in [-0.4, -0.2) is 35.2 Å². The summed E-state index contributed by atoms with van der Waals surface area (Å²) in [4.78, 5) is 7.90. The lowest BCUT2D eigenvalue weighted by atomic mass is 10.4. The topological polar surface area (TPSA) is 94.9 Å². The van der Waals surface area contributed by atoms with Crippen LogP contribution >= 0.6 is 0 Å². The molecule has 8 nitrogen and oxygen atoms in total. The third-order valence-corrected chi connectivity index (χ3v) is 1.58. The summed E-state index contributed by atoms with van der Waals surface area (Å²) in [5, 5.41) is 14.5. The summed E-state index contributed by atoms with van der Waals surface area (Å²) in [6, 6.07) is 0. The summed E-state index contributed by atoms with van der Waals surface area (Å²) >= 11 is 0. The normalized spacial score (nSPS) is 10.9. The summed E-state index contributed by atoms with van der Waals surface area (Å²) in [5.74, 6) is 0.543. The van der Waals surface area contributed by atoms with Crippen molar-refractivity contribution >= 4 is 5.84 Å². The lowest BCUT2D eigenvalue weighted by molar-refractivity contribution is 0.598. The van der Waals surface area contributed by atoms with Gasteiger partial charge in [0.1, 0.15) is 5.69 Å². The Morgan fingerprint density at radius 1 is 1.29 bits per heavy atom. The molecule has 0 radical (unpaired) electrons. The van der Waals surface area contributed by atoms with Gasteiger partial charge in [0.05, 0.1) is 6.20 Å². The van der Waals surface area contributed by atoms with E-state index in [-0.39, 0.29) is 5.84 Å². The van der Waals surface area contributed by atoms with Crippen molar-refractivity contribution < 1.29 is 4.42 Å². The molecule has 0 fully saturated rings. The maximum atomic E-state index is 5.21. The van der Waals surface area contributed by atoms with E-state index in [0.29, 0.717) is 11.6 Å². The van der Waals surface area contributed by atoms with E-state index in [1.165, 1.54) is 4.63 Å². The SMILES string of the molecule is c1cnc(-c2nn3nnnc3o2)cn1. The van der Waals surface area contributed by atoms with Crippen molar-refractivity contribution in [1.29, 1.82) is 0 Å². The van der Waals surface area contributed by atoms with Gasteiger partial charge in [0, 0.05) is 12.4 Å². The van der Waals surface area contributed by atoms with E-state index in [1.54, 1.807) is 18.6 Å². The van der Waals surface area contributed by atoms with Crippen molar-refractivity contribution in [2.75, 3.05) is 0 Å². The first-order valence-corrected chi connectivity index (χ1v) is 3.75. The minimum absolute atomic E-state index is 0.227. The zero-order chi connectivity index (χ0) is 9.38. The second-order valence-electron chi connectivity index (χ2n) is 2.45. The number of rotatable bonds is 1. The standard InChI is InChI=1S/C6H3N7O/c1-2-8-4(3-7-1)5-10-13-6(14-5)9-11-12-13/h1-3H. The van der Waals surface area contributed by atoms with Crippen LogP contribution in [0.5, 0.6) is 0 Å². The summed E-state index contributed by atoms with van der Waals surface area (Å²) in [7, 11) is 0. The van der Waals surface area contributed by atoms with Gasteiger partial charge in [-0.15, -0.1) is 5.10 Å². The highest BCUT2D eigenvalue weighted by Crippen LogP contribution is 2.13. The lowest BCUT2D eigenvalue weighted by Crippen LogP contribution is -1.89. The van der Waals surface area contributed by atoms with E-state index in [0.717, 1.165) is 0 Å². The molecule has 0 unspecified atom stereocenters. The van der Waals surface area contributed by atoms with Crippen molar-refractivity contribution in [3.8, 4) is 11.6 Å². The summed E-state index contributed by atoms with van der Waals surface area (Å²) < 4.78 is 6.39. The highest BCUT2D eigenvalue weighted by molar-refractivity contribution is 5.45. The van der Waals surface area contributed by atoms with Gasteiger partial charge in [-0.1, -0.05) is 9.73 Å². The first kappa shape index (κ1) is 7.06. The van der Waals surface area contributed by atoms with Crippen LogP contribution in [0.4, 0.5) is 0 Å². The fraction of sp³-hybridized carbons (Fsp3) is 0. The molecule has 3 aromatic heterocycles. The lowest BCUT2D eigenvalue weighted by Gasteiger charge is -1.88. The molecular formula is C6H3N7O. The molecular weight excluding hydrogens is 186 g/mol. The number of nitrogens with zero attached hydrogens (tertiary/aromatic N) is 7. The monoisotopic (exact) mass is 189 g/mol. The van der Waals surface area contributed by atoms with Crippen LogP contribution < -0.4 is 0 Å². The van der Waals surface area contributed by atoms with Gasteiger partial charge in [0.2, 0.25) is 0 Å². The highest BCUT2D eigenvalue weighted by Gasteiger charge is 2.10. The quantitative estimate of drug-likeness (QED) is 0.512. The maximum absolute atomic E-state index is 5.21. The van der Waals surface area contributed by atoms with Gasteiger partial charge in [-0.3, -0.25) is 4.98 Å². The van der Waals surface area contributed by atoms with Gasteiger partial charge < -0.3 is 4.42 Å². The molecule has 0 aliphatic rings. The van der Waals surface area contributed by atoms with Gasteiger partial charge in [-0.2, -0.15) is 0 Å². The van der Waals surface area contributed by atoms with Gasteiger partial charge in [0.15, 0.2) is 0 Å². The molecule has 0 spiro atoms. The molecule has 3 rings (SSSR count). The molecule has 3 aromatic rings. The largest absolute Gasteiger partial charge is 0.399 e. The molecule has 68 valence electrons. The molecule has 8 heteroatoms. The molecule has 3 heterocycles. The van der Waals surface area contributed by atoms with Crippen LogP contribution in [0.15, 0.2) is 23.0 Å². The zero-order valence-corrected chi connectivity index (χ0v) is 6.77. The predicted molar refractivity (Wildman–Crippen MR) is 41.9 cm³/mol. The summed E-state index contributed by atoms with van der Waals surface area (Å²) in [6.07, 6.45) is 4.66. The molecule has 0 aliphatic carbocycles. The Morgan fingerprint density at radius 3 is 3.07 bits per heavy atom. The van der Waals surface area contributed by atoms with Crippen molar-refractivity contribution in [3.05, 3.63) is 18.6 Å². The zero-order valence-electron chi connectivity index (χ0n) is 6.77. The van der Waals surface area contributed by atoms with Crippen LogP contribution in [-0.2, 0) is 0 Å². The Kier molecular flexibility index (Phi) is 1.29. The van der Waals surface area contributed by atoms with E-state index >= 15 is 0 Å². The third-order valence-electron chi connectivity index (χ3n) is 1.58. The van der Waals surface area contributed by atoms with Crippen LogP contribution in [0, 0.1) is 0 Å². The molecule has 0 saturated carbocycles. The Labute approximate surface area is 76.6 Å². The second-order valence-corrected chi connectivity index (χ2v) is 2.45. The first-order chi connectivity index (χ1) is 6.93. The Bertz CT molecular complexity index is 527. The minimum atomic E-state index is 0.227. The second kappa shape index (κ2) is 2.55. The van der Waals surface area contributed by atoms with Crippen LogP contribution in [0.2, 0.25) is 0 Å². The molecule has 0 N–H and O–H groups in total. The predicted octanol–water partition coefficient (Wildman–Crippen LogP) is -0.431. The highest BCUT2D eigenvalue weighted by atomic mass is 16.4. The fourth-order valence-corrected chi connectivity index (χ4v) is 1.00. The average molecular weight is 189 g/mol. The van der Waals surface area contributed by atoms with Crippen molar-refractivity contribution in [2.45, 2.75) is 0 Å². The van der Waals surface area contributed by atoms with Gasteiger partial charge in [-0.05, 0) is 10.4 Å². The summed E-state index contributed by atoms with van der Waals surface area (Å²) in [6.45, 7) is 0. The van der Waals surface area contributed by atoms with E-state index < -0.39 is 0 Å². The van der Waals surface area contributed by atoms with Gasteiger partial charge in [-0.25, -0.2) is 4.98 Å². The number of hydrogen-bond acceptors (Lipinski definition) is 7. The molecule has 0 aromatic carbocycles. The maximum Gasteiger partial charge on any atom is 0.364 e. The smallest absolute Gasteiger partial charge is 0.364 e.